The van der Waals surface area contributed by atoms with Gasteiger partial charge in [0.05, 0.1) is 17.0 Å². The highest BCUT2D eigenvalue weighted by Crippen LogP contribution is 2.30. The van der Waals surface area contributed by atoms with Gasteiger partial charge in [0, 0.05) is 6.54 Å². The summed E-state index contributed by atoms with van der Waals surface area (Å²) < 4.78 is 0. The average molecular weight is 206 g/mol. The Balaban J connectivity index is 1.95. The Bertz CT molecular complexity index is 332. The number of hydrogen-bond donors (Lipinski definition) is 3. The van der Waals surface area contributed by atoms with Crippen LogP contribution in [0.1, 0.15) is 25.7 Å². The van der Waals surface area contributed by atoms with E-state index in [4.69, 9.17) is 5.73 Å². The van der Waals surface area contributed by atoms with Crippen LogP contribution in [0.25, 0.3) is 0 Å². The molecule has 4 N–H and O–H groups in total. The van der Waals surface area contributed by atoms with Crippen molar-refractivity contribution >= 4 is 11.4 Å². The van der Waals surface area contributed by atoms with Crippen molar-refractivity contribution in [2.24, 2.45) is 0 Å². The van der Waals surface area contributed by atoms with Gasteiger partial charge in [-0.3, -0.25) is 0 Å². The van der Waals surface area contributed by atoms with E-state index in [9.17, 15) is 5.11 Å². The Morgan fingerprint density at radius 3 is 2.60 bits per heavy atom. The highest BCUT2D eigenvalue weighted by atomic mass is 16.3. The predicted molar refractivity (Wildman–Crippen MR) is 62.8 cm³/mol. The number of nitrogen functional groups attached to an aromatic ring is 1. The van der Waals surface area contributed by atoms with E-state index in [0.29, 0.717) is 6.54 Å². The van der Waals surface area contributed by atoms with Crippen molar-refractivity contribution in [1.29, 1.82) is 0 Å². The zero-order valence-electron chi connectivity index (χ0n) is 8.87. The molecule has 0 bridgehead atoms. The third-order valence-corrected chi connectivity index (χ3v) is 3.10. The van der Waals surface area contributed by atoms with Crippen LogP contribution in [-0.4, -0.2) is 17.3 Å². The second-order valence-electron chi connectivity index (χ2n) is 4.37. The average Bonchev–Trinajstić information content (AvgIpc) is 2.65. The maximum absolute atomic E-state index is 10.1. The second kappa shape index (κ2) is 4.11. The zero-order valence-corrected chi connectivity index (χ0v) is 8.87. The molecule has 2 rings (SSSR count). The second-order valence-corrected chi connectivity index (χ2v) is 4.37. The lowest BCUT2D eigenvalue weighted by atomic mass is 10.0. The van der Waals surface area contributed by atoms with Crippen molar-refractivity contribution in [3.8, 4) is 0 Å². The van der Waals surface area contributed by atoms with Gasteiger partial charge in [-0.05, 0) is 25.0 Å². The minimum absolute atomic E-state index is 0.526. The van der Waals surface area contributed by atoms with E-state index in [-0.39, 0.29) is 0 Å². The molecule has 1 saturated carbocycles. The fourth-order valence-electron chi connectivity index (χ4n) is 2.13. The molecule has 1 aromatic carbocycles. The molecule has 0 heterocycles. The molecule has 0 aliphatic heterocycles. The Morgan fingerprint density at radius 2 is 1.93 bits per heavy atom. The Kier molecular flexibility index (Phi) is 2.82. The number of benzene rings is 1. The fraction of sp³-hybridized carbons (Fsp3) is 0.500. The number of para-hydroxylation sites is 2. The number of nitrogens with one attached hydrogen (secondary N) is 1. The van der Waals surface area contributed by atoms with E-state index in [1.54, 1.807) is 0 Å². The lowest BCUT2D eigenvalue weighted by molar-refractivity contribution is 0.0615. The number of hydrogen-bond acceptors (Lipinski definition) is 3. The minimum Gasteiger partial charge on any atom is -0.397 e. The van der Waals surface area contributed by atoms with Gasteiger partial charge in [0.2, 0.25) is 0 Å². The molecular formula is C12H18N2O. The SMILES string of the molecule is Nc1ccccc1NCC1(O)CCCC1. The molecule has 3 heteroatoms. The van der Waals surface area contributed by atoms with Gasteiger partial charge in [-0.25, -0.2) is 0 Å². The van der Waals surface area contributed by atoms with E-state index in [1.807, 2.05) is 24.3 Å². The van der Waals surface area contributed by atoms with Crippen LogP contribution in [0.15, 0.2) is 24.3 Å². The van der Waals surface area contributed by atoms with Gasteiger partial charge in [-0.15, -0.1) is 0 Å². The summed E-state index contributed by atoms with van der Waals surface area (Å²) in [4.78, 5) is 0. The van der Waals surface area contributed by atoms with Crippen molar-refractivity contribution in [2.45, 2.75) is 31.3 Å². The first-order valence-electron chi connectivity index (χ1n) is 5.50. The third-order valence-electron chi connectivity index (χ3n) is 3.10. The summed E-state index contributed by atoms with van der Waals surface area (Å²) in [6.07, 6.45) is 4.05. The smallest absolute Gasteiger partial charge is 0.0819 e. The van der Waals surface area contributed by atoms with Crippen LogP contribution in [-0.2, 0) is 0 Å². The number of rotatable bonds is 3. The molecule has 3 nitrogen and oxygen atoms in total. The first-order chi connectivity index (χ1) is 7.20. The summed E-state index contributed by atoms with van der Waals surface area (Å²) in [7, 11) is 0. The molecule has 1 fully saturated rings. The standard InChI is InChI=1S/C12H18N2O/c13-10-5-1-2-6-11(10)14-9-12(15)7-3-4-8-12/h1-2,5-6,14-15H,3-4,7-9,13H2. The molecule has 0 saturated heterocycles. The molecule has 82 valence electrons. The molecule has 0 amide bonds. The maximum Gasteiger partial charge on any atom is 0.0819 e. The molecule has 0 radical (unpaired) electrons. The Hall–Kier alpha value is -1.22. The molecule has 0 spiro atoms. The van der Waals surface area contributed by atoms with Crippen LogP contribution in [0.3, 0.4) is 0 Å². The fourth-order valence-corrected chi connectivity index (χ4v) is 2.13. The van der Waals surface area contributed by atoms with Crippen LogP contribution in [0.4, 0.5) is 11.4 Å². The molecule has 0 atom stereocenters. The van der Waals surface area contributed by atoms with Crippen molar-refractivity contribution in [3.05, 3.63) is 24.3 Å². The van der Waals surface area contributed by atoms with Gasteiger partial charge in [0.15, 0.2) is 0 Å². The van der Waals surface area contributed by atoms with E-state index < -0.39 is 5.60 Å². The summed E-state index contributed by atoms with van der Waals surface area (Å²) in [5.74, 6) is 0. The Morgan fingerprint density at radius 1 is 1.27 bits per heavy atom. The predicted octanol–water partition coefficient (Wildman–Crippen LogP) is 1.99. The summed E-state index contributed by atoms with van der Waals surface area (Å²) in [5, 5.41) is 13.4. The first kappa shape index (κ1) is 10.3. The van der Waals surface area contributed by atoms with Crippen LogP contribution in [0, 0.1) is 0 Å². The van der Waals surface area contributed by atoms with Crippen molar-refractivity contribution in [2.75, 3.05) is 17.6 Å². The largest absolute Gasteiger partial charge is 0.397 e. The number of aliphatic hydroxyl groups is 1. The first-order valence-corrected chi connectivity index (χ1v) is 5.50. The van der Waals surface area contributed by atoms with E-state index >= 15 is 0 Å². The normalized spacial score (nSPS) is 19.0. The minimum atomic E-state index is -0.526. The van der Waals surface area contributed by atoms with Crippen molar-refractivity contribution < 1.29 is 5.11 Å². The summed E-state index contributed by atoms with van der Waals surface area (Å²) >= 11 is 0. The molecule has 15 heavy (non-hydrogen) atoms. The Labute approximate surface area is 90.3 Å². The lowest BCUT2D eigenvalue weighted by Gasteiger charge is -2.23. The highest BCUT2D eigenvalue weighted by Gasteiger charge is 2.30. The number of nitrogens with two attached hydrogens (primary N) is 1. The number of anilines is 2. The summed E-state index contributed by atoms with van der Waals surface area (Å²) in [5.41, 5.74) is 6.93. The molecular weight excluding hydrogens is 188 g/mol. The van der Waals surface area contributed by atoms with Crippen LogP contribution >= 0.6 is 0 Å². The summed E-state index contributed by atoms with van der Waals surface area (Å²) in [6.45, 7) is 0.598. The van der Waals surface area contributed by atoms with Gasteiger partial charge in [-0.2, -0.15) is 0 Å². The van der Waals surface area contributed by atoms with Crippen LogP contribution in [0.5, 0.6) is 0 Å². The highest BCUT2D eigenvalue weighted by molar-refractivity contribution is 5.65. The van der Waals surface area contributed by atoms with Gasteiger partial charge in [0.1, 0.15) is 0 Å². The molecule has 0 unspecified atom stereocenters. The summed E-state index contributed by atoms with van der Waals surface area (Å²) in [6, 6.07) is 7.65. The van der Waals surface area contributed by atoms with Gasteiger partial charge in [0.25, 0.3) is 0 Å². The van der Waals surface area contributed by atoms with Gasteiger partial charge in [-0.1, -0.05) is 25.0 Å². The van der Waals surface area contributed by atoms with E-state index in [0.717, 1.165) is 37.1 Å². The maximum atomic E-state index is 10.1. The molecule has 1 aliphatic rings. The van der Waals surface area contributed by atoms with Gasteiger partial charge < -0.3 is 16.2 Å². The zero-order chi connectivity index (χ0) is 10.7. The van der Waals surface area contributed by atoms with Crippen molar-refractivity contribution in [1.82, 2.24) is 0 Å². The molecule has 1 aromatic rings. The van der Waals surface area contributed by atoms with E-state index in [1.165, 1.54) is 0 Å². The van der Waals surface area contributed by atoms with E-state index in [2.05, 4.69) is 5.32 Å². The lowest BCUT2D eigenvalue weighted by Crippen LogP contribution is -2.33. The molecule has 0 aromatic heterocycles. The third kappa shape index (κ3) is 2.42. The van der Waals surface area contributed by atoms with Gasteiger partial charge >= 0.3 is 0 Å². The van der Waals surface area contributed by atoms with Crippen LogP contribution in [0.2, 0.25) is 0 Å². The topological polar surface area (TPSA) is 58.3 Å². The monoisotopic (exact) mass is 206 g/mol. The quantitative estimate of drug-likeness (QED) is 0.663. The molecule has 1 aliphatic carbocycles. The van der Waals surface area contributed by atoms with Crippen molar-refractivity contribution in [3.63, 3.8) is 0 Å². The van der Waals surface area contributed by atoms with Crippen LogP contribution < -0.4 is 11.1 Å².